The van der Waals surface area contributed by atoms with Gasteiger partial charge in [-0.25, -0.2) is 0 Å². The van der Waals surface area contributed by atoms with Gasteiger partial charge in [-0.15, -0.1) is 0 Å². The van der Waals surface area contributed by atoms with Gasteiger partial charge in [-0.1, -0.05) is 45.0 Å². The van der Waals surface area contributed by atoms with Crippen molar-refractivity contribution < 1.29 is 9.53 Å². The first-order valence-electron chi connectivity index (χ1n) is 9.03. The molecule has 1 atom stereocenters. The molecule has 5 nitrogen and oxygen atoms in total. The first kappa shape index (κ1) is 18.9. The Hall–Kier alpha value is -1.92. The molecule has 2 heterocycles. The van der Waals surface area contributed by atoms with Gasteiger partial charge in [-0.05, 0) is 35.7 Å². The Labute approximate surface area is 160 Å². The predicted molar refractivity (Wildman–Crippen MR) is 107 cm³/mol. The van der Waals surface area contributed by atoms with Crippen LogP contribution in [0.25, 0.3) is 0 Å². The molecule has 0 spiro atoms. The normalized spacial score (nSPS) is 21.3. The van der Waals surface area contributed by atoms with Crippen LogP contribution in [-0.2, 0) is 14.9 Å². The van der Waals surface area contributed by atoms with Crippen LogP contribution in [-0.4, -0.2) is 42.2 Å². The average molecular weight is 374 g/mol. The van der Waals surface area contributed by atoms with Gasteiger partial charge < -0.3 is 20.3 Å². The molecule has 140 valence electrons. The lowest BCUT2D eigenvalue weighted by Crippen LogP contribution is -2.49. The Balaban J connectivity index is 1.93. The maximum atomic E-state index is 13.2. The minimum absolute atomic E-state index is 0.0400. The van der Waals surface area contributed by atoms with Crippen LogP contribution in [0.3, 0.4) is 0 Å². The second kappa shape index (κ2) is 7.37. The Morgan fingerprint density at radius 3 is 2.38 bits per heavy atom. The molecule has 1 saturated heterocycles. The van der Waals surface area contributed by atoms with E-state index in [1.54, 1.807) is 0 Å². The standard InChI is InChI=1S/C20H27N3O2S/c1-13-16(18(24)23-9-11-25-12-10-23)17(22-19(26)21-13)14-5-7-15(8-6-14)20(2,3)4/h5-8,17H,9-12H2,1-4H3,(H2,21,22,26)/t17-/m0/s1. The Morgan fingerprint density at radius 1 is 1.19 bits per heavy atom. The number of rotatable bonds is 2. The number of hydrogen-bond donors (Lipinski definition) is 2. The van der Waals surface area contributed by atoms with E-state index >= 15 is 0 Å². The van der Waals surface area contributed by atoms with Crippen LogP contribution < -0.4 is 10.6 Å². The lowest BCUT2D eigenvalue weighted by molar-refractivity contribution is -0.131. The fourth-order valence-electron chi connectivity index (χ4n) is 3.34. The van der Waals surface area contributed by atoms with Gasteiger partial charge in [-0.2, -0.15) is 0 Å². The molecule has 0 unspecified atom stereocenters. The van der Waals surface area contributed by atoms with Gasteiger partial charge in [0, 0.05) is 18.8 Å². The van der Waals surface area contributed by atoms with Crippen molar-refractivity contribution in [3.8, 4) is 0 Å². The van der Waals surface area contributed by atoms with Crippen LogP contribution in [0.2, 0.25) is 0 Å². The number of hydrogen-bond acceptors (Lipinski definition) is 3. The van der Waals surface area contributed by atoms with Gasteiger partial charge in [0.1, 0.15) is 0 Å². The number of carbonyl (C=O) groups is 1. The minimum Gasteiger partial charge on any atom is -0.378 e. The molecule has 2 aliphatic rings. The van der Waals surface area contributed by atoms with E-state index in [9.17, 15) is 4.79 Å². The van der Waals surface area contributed by atoms with Gasteiger partial charge in [0.25, 0.3) is 5.91 Å². The van der Waals surface area contributed by atoms with Gasteiger partial charge in [0.15, 0.2) is 5.11 Å². The van der Waals surface area contributed by atoms with Crippen LogP contribution in [0.1, 0.15) is 44.9 Å². The first-order chi connectivity index (χ1) is 12.3. The molecule has 0 aliphatic carbocycles. The Kier molecular flexibility index (Phi) is 5.34. The highest BCUT2D eigenvalue weighted by molar-refractivity contribution is 7.80. The van der Waals surface area contributed by atoms with E-state index in [-0.39, 0.29) is 17.4 Å². The molecule has 2 aliphatic heterocycles. The number of thiocarbonyl (C=S) groups is 1. The number of allylic oxidation sites excluding steroid dienone is 1. The number of carbonyl (C=O) groups excluding carboxylic acids is 1. The summed E-state index contributed by atoms with van der Waals surface area (Å²) in [4.78, 5) is 15.0. The molecule has 1 aromatic rings. The quantitative estimate of drug-likeness (QED) is 0.781. The molecule has 6 heteroatoms. The van der Waals surface area contributed by atoms with E-state index < -0.39 is 0 Å². The monoisotopic (exact) mass is 373 g/mol. The number of amides is 1. The van der Waals surface area contributed by atoms with E-state index in [1.807, 2.05) is 11.8 Å². The van der Waals surface area contributed by atoms with Crippen molar-refractivity contribution in [2.75, 3.05) is 26.3 Å². The summed E-state index contributed by atoms with van der Waals surface area (Å²) in [5.41, 5.74) is 3.93. The van der Waals surface area contributed by atoms with Crippen molar-refractivity contribution in [3.05, 3.63) is 46.7 Å². The highest BCUT2D eigenvalue weighted by atomic mass is 32.1. The van der Waals surface area contributed by atoms with Crippen molar-refractivity contribution in [2.45, 2.75) is 39.2 Å². The van der Waals surface area contributed by atoms with E-state index in [0.29, 0.717) is 31.4 Å². The fraction of sp³-hybridized carbons (Fsp3) is 0.500. The zero-order valence-corrected chi connectivity index (χ0v) is 16.7. The Bertz CT molecular complexity index is 728. The van der Waals surface area contributed by atoms with Crippen molar-refractivity contribution in [3.63, 3.8) is 0 Å². The number of nitrogens with zero attached hydrogens (tertiary/aromatic N) is 1. The maximum absolute atomic E-state index is 13.2. The summed E-state index contributed by atoms with van der Waals surface area (Å²) in [6, 6.07) is 8.20. The lowest BCUT2D eigenvalue weighted by atomic mass is 9.85. The minimum atomic E-state index is -0.242. The van der Waals surface area contributed by atoms with Crippen molar-refractivity contribution in [1.82, 2.24) is 15.5 Å². The molecule has 0 aromatic heterocycles. The van der Waals surface area contributed by atoms with E-state index in [4.69, 9.17) is 17.0 Å². The largest absolute Gasteiger partial charge is 0.378 e. The summed E-state index contributed by atoms with van der Waals surface area (Å²) in [6.45, 7) is 10.9. The number of ether oxygens (including phenoxy) is 1. The smallest absolute Gasteiger partial charge is 0.254 e. The topological polar surface area (TPSA) is 53.6 Å². The number of morpholine rings is 1. The SMILES string of the molecule is CC1=C(C(=O)N2CCOCC2)[C@H](c2ccc(C(C)(C)C)cc2)NC(=S)N1. The molecular weight excluding hydrogens is 346 g/mol. The molecule has 1 fully saturated rings. The third-order valence-corrected chi connectivity index (χ3v) is 5.13. The van der Waals surface area contributed by atoms with Crippen LogP contribution in [0.4, 0.5) is 0 Å². The molecule has 0 radical (unpaired) electrons. The van der Waals surface area contributed by atoms with Gasteiger partial charge in [0.2, 0.25) is 0 Å². The third kappa shape index (κ3) is 3.91. The molecule has 0 saturated carbocycles. The van der Waals surface area contributed by atoms with Crippen LogP contribution >= 0.6 is 12.2 Å². The molecule has 26 heavy (non-hydrogen) atoms. The van der Waals surface area contributed by atoms with Crippen molar-refractivity contribution in [2.24, 2.45) is 0 Å². The Morgan fingerprint density at radius 2 is 1.81 bits per heavy atom. The predicted octanol–water partition coefficient (Wildman–Crippen LogP) is 2.64. The summed E-state index contributed by atoms with van der Waals surface area (Å²) in [5, 5.41) is 6.93. The molecular formula is C20H27N3O2S. The van der Waals surface area contributed by atoms with Gasteiger partial charge >= 0.3 is 0 Å². The van der Waals surface area contributed by atoms with E-state index in [2.05, 4.69) is 55.7 Å². The van der Waals surface area contributed by atoms with Crippen LogP contribution in [0.5, 0.6) is 0 Å². The summed E-state index contributed by atoms with van der Waals surface area (Å²) in [5.74, 6) is 0.0400. The van der Waals surface area contributed by atoms with Crippen LogP contribution in [0, 0.1) is 0 Å². The summed E-state index contributed by atoms with van der Waals surface area (Å²) >= 11 is 5.34. The molecule has 1 amide bonds. The van der Waals surface area contributed by atoms with E-state index in [1.165, 1.54) is 5.56 Å². The highest BCUT2D eigenvalue weighted by Gasteiger charge is 2.33. The van der Waals surface area contributed by atoms with Crippen molar-refractivity contribution >= 4 is 23.2 Å². The summed E-state index contributed by atoms with van der Waals surface area (Å²) in [7, 11) is 0. The summed E-state index contributed by atoms with van der Waals surface area (Å²) in [6.07, 6.45) is 0. The third-order valence-electron chi connectivity index (χ3n) is 4.91. The first-order valence-corrected chi connectivity index (χ1v) is 9.44. The van der Waals surface area contributed by atoms with Crippen molar-refractivity contribution in [1.29, 1.82) is 0 Å². The zero-order chi connectivity index (χ0) is 18.9. The average Bonchev–Trinajstić information content (AvgIpc) is 2.61. The summed E-state index contributed by atoms with van der Waals surface area (Å²) < 4.78 is 5.38. The van der Waals surface area contributed by atoms with Crippen LogP contribution in [0.15, 0.2) is 35.5 Å². The zero-order valence-electron chi connectivity index (χ0n) is 15.9. The molecule has 3 rings (SSSR count). The fourth-order valence-corrected chi connectivity index (χ4v) is 3.61. The molecule has 0 bridgehead atoms. The second-order valence-corrected chi connectivity index (χ2v) is 8.25. The van der Waals surface area contributed by atoms with Gasteiger partial charge in [-0.3, -0.25) is 4.79 Å². The number of benzene rings is 1. The number of nitrogens with one attached hydrogen (secondary N) is 2. The lowest BCUT2D eigenvalue weighted by Gasteiger charge is -2.35. The van der Waals surface area contributed by atoms with Gasteiger partial charge in [0.05, 0.1) is 24.8 Å². The molecule has 1 aromatic carbocycles. The van der Waals surface area contributed by atoms with E-state index in [0.717, 1.165) is 16.8 Å². The maximum Gasteiger partial charge on any atom is 0.254 e. The highest BCUT2D eigenvalue weighted by Crippen LogP contribution is 2.30. The molecule has 2 N–H and O–H groups in total. The second-order valence-electron chi connectivity index (χ2n) is 7.85.